The van der Waals surface area contributed by atoms with Crippen molar-refractivity contribution in [2.75, 3.05) is 26.3 Å². The molecule has 0 bridgehead atoms. The third-order valence-corrected chi connectivity index (χ3v) is 9.67. The van der Waals surface area contributed by atoms with Crippen LogP contribution < -0.4 is 4.72 Å². The average Bonchev–Trinajstić information content (AvgIpc) is 2.72. The minimum atomic E-state index is -3.84. The van der Waals surface area contributed by atoms with Gasteiger partial charge in [-0.3, -0.25) is 0 Å². The molecule has 2 aliphatic rings. The molecule has 1 aliphatic carbocycles. The van der Waals surface area contributed by atoms with Crippen molar-refractivity contribution in [2.45, 2.75) is 41.5 Å². The van der Waals surface area contributed by atoms with Gasteiger partial charge in [0.15, 0.2) is 0 Å². The highest BCUT2D eigenvalue weighted by atomic mass is 35.5. The van der Waals surface area contributed by atoms with Gasteiger partial charge in [0.1, 0.15) is 0 Å². The van der Waals surface area contributed by atoms with Crippen LogP contribution >= 0.6 is 11.6 Å². The van der Waals surface area contributed by atoms with Crippen LogP contribution in [0, 0.1) is 6.92 Å². The molecule has 168 valence electrons. The molecule has 1 aliphatic heterocycles. The van der Waals surface area contributed by atoms with Crippen molar-refractivity contribution in [3.63, 3.8) is 0 Å². The third-order valence-electron chi connectivity index (χ3n) is 5.86. The van der Waals surface area contributed by atoms with E-state index in [4.69, 9.17) is 16.3 Å². The molecule has 1 saturated heterocycles. The Balaban J connectivity index is 1.49. The van der Waals surface area contributed by atoms with Gasteiger partial charge in [0.05, 0.1) is 23.0 Å². The molecule has 4 rings (SSSR count). The fraction of sp³-hybridized carbons (Fsp3) is 0.429. The molecule has 1 heterocycles. The molecule has 0 amide bonds. The van der Waals surface area contributed by atoms with Gasteiger partial charge < -0.3 is 4.74 Å². The molecule has 2 fully saturated rings. The Hall–Kier alpha value is -1.49. The number of rotatable bonds is 6. The standard InChI is InChI=1S/C21H25ClN2O5S2/c1-15-2-7-20(14-21(15)31(27,28)24-8-10-29-11-9-24)30(25,26)23-19-12-17(13-19)16-3-5-18(22)6-4-16/h2-7,14,17,19,23H,8-13H2,1H3. The number of ether oxygens (including phenoxy) is 1. The minimum Gasteiger partial charge on any atom is -0.379 e. The van der Waals surface area contributed by atoms with Crippen LogP contribution in [0.5, 0.6) is 0 Å². The van der Waals surface area contributed by atoms with Crippen LogP contribution in [0.2, 0.25) is 5.02 Å². The van der Waals surface area contributed by atoms with Gasteiger partial charge in [0.25, 0.3) is 0 Å². The van der Waals surface area contributed by atoms with Crippen molar-refractivity contribution in [1.29, 1.82) is 0 Å². The summed E-state index contributed by atoms with van der Waals surface area (Å²) >= 11 is 5.92. The fourth-order valence-corrected chi connectivity index (χ4v) is 7.11. The first-order valence-corrected chi connectivity index (χ1v) is 13.4. The molecule has 0 atom stereocenters. The quantitative estimate of drug-likeness (QED) is 0.680. The highest BCUT2D eigenvalue weighted by Gasteiger charge is 2.34. The molecule has 1 saturated carbocycles. The van der Waals surface area contributed by atoms with Gasteiger partial charge in [0, 0.05) is 24.2 Å². The van der Waals surface area contributed by atoms with Crippen LogP contribution in [0.1, 0.15) is 29.9 Å². The Kier molecular flexibility index (Phi) is 6.44. The van der Waals surface area contributed by atoms with E-state index in [9.17, 15) is 16.8 Å². The summed E-state index contributed by atoms with van der Waals surface area (Å²) in [7, 11) is -7.64. The van der Waals surface area contributed by atoms with Gasteiger partial charge in [-0.15, -0.1) is 0 Å². The van der Waals surface area contributed by atoms with Gasteiger partial charge in [-0.1, -0.05) is 29.8 Å². The van der Waals surface area contributed by atoms with Crippen molar-refractivity contribution in [3.05, 3.63) is 58.6 Å². The summed E-state index contributed by atoms with van der Waals surface area (Å²) in [5.74, 6) is 0.278. The van der Waals surface area contributed by atoms with Crippen LogP contribution in [0.3, 0.4) is 0 Å². The number of benzene rings is 2. The van der Waals surface area contributed by atoms with E-state index in [1.165, 1.54) is 16.4 Å². The monoisotopic (exact) mass is 484 g/mol. The lowest BCUT2D eigenvalue weighted by atomic mass is 9.76. The molecule has 0 radical (unpaired) electrons. The van der Waals surface area contributed by atoms with Crippen molar-refractivity contribution >= 4 is 31.6 Å². The summed E-state index contributed by atoms with van der Waals surface area (Å²) in [6, 6.07) is 11.6. The summed E-state index contributed by atoms with van der Waals surface area (Å²) < 4.78 is 61.2. The molecule has 7 nitrogen and oxygen atoms in total. The summed E-state index contributed by atoms with van der Waals surface area (Å²) in [4.78, 5) is -0.0233. The molecule has 0 aromatic heterocycles. The van der Waals surface area contributed by atoms with E-state index < -0.39 is 20.0 Å². The van der Waals surface area contributed by atoms with Crippen LogP contribution in [-0.2, 0) is 24.8 Å². The molecule has 1 N–H and O–H groups in total. The maximum Gasteiger partial charge on any atom is 0.243 e. The zero-order chi connectivity index (χ0) is 22.2. The smallest absolute Gasteiger partial charge is 0.243 e. The Morgan fingerprint density at radius 3 is 2.29 bits per heavy atom. The van der Waals surface area contributed by atoms with Gasteiger partial charge >= 0.3 is 0 Å². The number of hydrogen-bond donors (Lipinski definition) is 1. The number of sulfonamides is 2. The van der Waals surface area contributed by atoms with Crippen molar-refractivity contribution in [3.8, 4) is 0 Å². The Morgan fingerprint density at radius 2 is 1.65 bits per heavy atom. The van der Waals surface area contributed by atoms with Crippen molar-refractivity contribution in [2.24, 2.45) is 0 Å². The second-order valence-electron chi connectivity index (χ2n) is 7.98. The summed E-state index contributed by atoms with van der Waals surface area (Å²) in [6.07, 6.45) is 1.37. The van der Waals surface area contributed by atoms with Gasteiger partial charge in [-0.05, 0) is 61.1 Å². The first-order valence-electron chi connectivity index (χ1n) is 10.1. The number of nitrogens with one attached hydrogen (secondary N) is 1. The topological polar surface area (TPSA) is 92.8 Å². The molecular formula is C21H25ClN2O5S2. The van der Waals surface area contributed by atoms with Gasteiger partial charge in [0.2, 0.25) is 20.0 Å². The summed E-state index contributed by atoms with van der Waals surface area (Å²) in [6.45, 7) is 2.83. The highest BCUT2D eigenvalue weighted by molar-refractivity contribution is 7.90. The molecule has 0 spiro atoms. The first kappa shape index (κ1) is 22.7. The zero-order valence-electron chi connectivity index (χ0n) is 17.1. The second-order valence-corrected chi connectivity index (χ2v) is 12.0. The predicted molar refractivity (Wildman–Crippen MR) is 118 cm³/mol. The third kappa shape index (κ3) is 4.81. The molecular weight excluding hydrogens is 460 g/mol. The van der Waals surface area contributed by atoms with E-state index in [-0.39, 0.29) is 34.8 Å². The van der Waals surface area contributed by atoms with E-state index in [1.54, 1.807) is 13.0 Å². The molecule has 2 aromatic carbocycles. The normalized spacial score (nSPS) is 22.8. The van der Waals surface area contributed by atoms with E-state index in [0.717, 1.165) is 5.56 Å². The lowest BCUT2D eigenvalue weighted by molar-refractivity contribution is 0.0730. The minimum absolute atomic E-state index is 0.0184. The number of hydrogen-bond acceptors (Lipinski definition) is 5. The molecule has 31 heavy (non-hydrogen) atoms. The predicted octanol–water partition coefficient (Wildman–Crippen LogP) is 2.89. The zero-order valence-corrected chi connectivity index (χ0v) is 19.5. The first-order chi connectivity index (χ1) is 14.7. The number of morpholine rings is 1. The average molecular weight is 485 g/mol. The summed E-state index contributed by atoms with van der Waals surface area (Å²) in [5.41, 5.74) is 1.64. The van der Waals surface area contributed by atoms with E-state index in [2.05, 4.69) is 4.72 Å². The maximum absolute atomic E-state index is 13.0. The summed E-state index contributed by atoms with van der Waals surface area (Å²) in [5, 5.41) is 0.669. The fourth-order valence-electron chi connectivity index (χ4n) is 3.96. The molecule has 0 unspecified atom stereocenters. The Morgan fingerprint density at radius 1 is 1.00 bits per heavy atom. The van der Waals surface area contributed by atoms with E-state index in [0.29, 0.717) is 36.6 Å². The molecule has 10 heteroatoms. The number of halogens is 1. The lowest BCUT2D eigenvalue weighted by Gasteiger charge is -2.36. The molecule has 2 aromatic rings. The highest BCUT2D eigenvalue weighted by Crippen LogP contribution is 2.38. The van der Waals surface area contributed by atoms with Crippen molar-refractivity contribution < 1.29 is 21.6 Å². The van der Waals surface area contributed by atoms with Crippen molar-refractivity contribution in [1.82, 2.24) is 9.03 Å². The SMILES string of the molecule is Cc1ccc(S(=O)(=O)NC2CC(c3ccc(Cl)cc3)C2)cc1S(=O)(=O)N1CCOCC1. The van der Waals surface area contributed by atoms with Crippen LogP contribution in [-0.4, -0.2) is 53.5 Å². The van der Waals surface area contributed by atoms with E-state index >= 15 is 0 Å². The van der Waals surface area contributed by atoms with Gasteiger partial charge in [-0.2, -0.15) is 4.31 Å². The van der Waals surface area contributed by atoms with Gasteiger partial charge in [-0.25, -0.2) is 21.6 Å². The number of aryl methyl sites for hydroxylation is 1. The number of nitrogens with zero attached hydrogens (tertiary/aromatic N) is 1. The van der Waals surface area contributed by atoms with Crippen LogP contribution in [0.15, 0.2) is 52.3 Å². The Bertz CT molecular complexity index is 1150. The van der Waals surface area contributed by atoms with Crippen LogP contribution in [0.25, 0.3) is 0 Å². The van der Waals surface area contributed by atoms with Crippen LogP contribution in [0.4, 0.5) is 0 Å². The maximum atomic E-state index is 13.0. The lowest BCUT2D eigenvalue weighted by Crippen LogP contribution is -2.43. The second kappa shape index (κ2) is 8.80. The largest absolute Gasteiger partial charge is 0.379 e. The van der Waals surface area contributed by atoms with E-state index in [1.807, 2.05) is 24.3 Å². The Labute approximate surface area is 188 Å².